The standard InChI is InChI=1S/C26H36O4Si/c1-20(17-18-24(27)29-6)25(28)21(2)19-30-31(26(3,4)5,22-13-9-7-10-14-22)23-15-11-8-12-16-23/h7-18,20-21,25,28H,19H2,1-6H3/b18-17+/t20-,21-,25-/m1/s1. The fourth-order valence-electron chi connectivity index (χ4n) is 4.05. The fourth-order valence-corrected chi connectivity index (χ4v) is 8.72. The largest absolute Gasteiger partial charge is 0.466 e. The van der Waals surface area contributed by atoms with Gasteiger partial charge in [-0.1, -0.05) is 101 Å². The molecule has 1 N–H and O–H groups in total. The number of carbonyl (C=O) groups excluding carboxylic acids is 1. The molecule has 0 amide bonds. The first kappa shape index (κ1) is 25.1. The predicted molar refractivity (Wildman–Crippen MR) is 129 cm³/mol. The molecule has 0 aliphatic heterocycles. The fraction of sp³-hybridized carbons (Fsp3) is 0.423. The molecule has 0 bridgehead atoms. The van der Waals surface area contributed by atoms with E-state index in [4.69, 9.17) is 4.43 Å². The molecule has 0 aliphatic rings. The van der Waals surface area contributed by atoms with E-state index < -0.39 is 20.4 Å². The summed E-state index contributed by atoms with van der Waals surface area (Å²) in [5, 5.41) is 13.2. The Morgan fingerprint density at radius 2 is 1.48 bits per heavy atom. The summed E-state index contributed by atoms with van der Waals surface area (Å²) in [5.74, 6) is -0.730. The molecule has 2 aromatic carbocycles. The molecule has 0 radical (unpaired) electrons. The number of hydrogen-bond acceptors (Lipinski definition) is 4. The highest BCUT2D eigenvalue weighted by Crippen LogP contribution is 2.37. The molecular weight excluding hydrogens is 404 g/mol. The van der Waals surface area contributed by atoms with Gasteiger partial charge in [0.15, 0.2) is 0 Å². The summed E-state index contributed by atoms with van der Waals surface area (Å²) in [7, 11) is -1.30. The number of hydrogen-bond donors (Lipinski definition) is 1. The number of methoxy groups -OCH3 is 1. The van der Waals surface area contributed by atoms with Crippen molar-refractivity contribution in [2.75, 3.05) is 13.7 Å². The SMILES string of the molecule is COC(=O)/C=C/[C@@H](C)[C@@H](O)[C@H](C)CO[Si](c1ccccc1)(c1ccccc1)C(C)(C)C. The van der Waals surface area contributed by atoms with Gasteiger partial charge in [0.25, 0.3) is 8.32 Å². The Kier molecular flexibility index (Phi) is 8.80. The van der Waals surface area contributed by atoms with Gasteiger partial charge in [0.2, 0.25) is 0 Å². The molecule has 0 aromatic heterocycles. The molecule has 31 heavy (non-hydrogen) atoms. The van der Waals surface area contributed by atoms with Crippen LogP contribution in [0.3, 0.4) is 0 Å². The highest BCUT2D eigenvalue weighted by atomic mass is 28.4. The van der Waals surface area contributed by atoms with Crippen LogP contribution in [-0.2, 0) is 14.0 Å². The molecule has 0 aliphatic carbocycles. The van der Waals surface area contributed by atoms with Crippen LogP contribution in [-0.4, -0.2) is 39.2 Å². The van der Waals surface area contributed by atoms with Crippen LogP contribution in [0.5, 0.6) is 0 Å². The topological polar surface area (TPSA) is 55.8 Å². The minimum atomic E-state index is -2.64. The van der Waals surface area contributed by atoms with E-state index in [1.165, 1.54) is 23.6 Å². The summed E-state index contributed by atoms with van der Waals surface area (Å²) < 4.78 is 11.6. The Balaban J connectivity index is 2.34. The van der Waals surface area contributed by atoms with Gasteiger partial charge in [-0.15, -0.1) is 0 Å². The lowest BCUT2D eigenvalue weighted by Gasteiger charge is -2.44. The molecular formula is C26H36O4Si. The summed E-state index contributed by atoms with van der Waals surface area (Å²) in [5.41, 5.74) is 0. The van der Waals surface area contributed by atoms with Gasteiger partial charge in [0.05, 0.1) is 13.2 Å². The first-order chi connectivity index (χ1) is 14.6. The van der Waals surface area contributed by atoms with E-state index in [1.54, 1.807) is 6.08 Å². The molecule has 0 saturated heterocycles. The smallest absolute Gasteiger partial charge is 0.330 e. The van der Waals surface area contributed by atoms with Crippen molar-refractivity contribution in [3.05, 3.63) is 72.8 Å². The van der Waals surface area contributed by atoms with E-state index in [9.17, 15) is 9.90 Å². The van der Waals surface area contributed by atoms with Crippen molar-refractivity contribution in [1.29, 1.82) is 0 Å². The average molecular weight is 441 g/mol. The van der Waals surface area contributed by atoms with Crippen LogP contribution in [0.2, 0.25) is 5.04 Å². The van der Waals surface area contributed by atoms with E-state index in [1.807, 2.05) is 26.0 Å². The average Bonchev–Trinajstić information content (AvgIpc) is 2.77. The van der Waals surface area contributed by atoms with Gasteiger partial charge in [-0.25, -0.2) is 4.79 Å². The number of aliphatic hydroxyl groups excluding tert-OH is 1. The second-order valence-electron chi connectivity index (χ2n) is 9.18. The van der Waals surface area contributed by atoms with Crippen LogP contribution in [0.15, 0.2) is 72.8 Å². The third kappa shape index (κ3) is 5.94. The van der Waals surface area contributed by atoms with Gasteiger partial charge in [-0.3, -0.25) is 0 Å². The molecule has 2 rings (SSSR count). The zero-order valence-electron chi connectivity index (χ0n) is 19.5. The molecule has 4 nitrogen and oxygen atoms in total. The van der Waals surface area contributed by atoms with Gasteiger partial charge >= 0.3 is 5.97 Å². The van der Waals surface area contributed by atoms with Crippen LogP contribution in [0.25, 0.3) is 0 Å². The number of ether oxygens (including phenoxy) is 1. The van der Waals surface area contributed by atoms with Crippen molar-refractivity contribution in [2.24, 2.45) is 11.8 Å². The summed E-state index contributed by atoms with van der Waals surface area (Å²) in [6, 6.07) is 20.9. The maximum atomic E-state index is 11.4. The van der Waals surface area contributed by atoms with E-state index in [0.717, 1.165) is 0 Å². The Morgan fingerprint density at radius 3 is 1.90 bits per heavy atom. The quantitative estimate of drug-likeness (QED) is 0.365. The zero-order chi connectivity index (χ0) is 23.1. The van der Waals surface area contributed by atoms with E-state index in [-0.39, 0.29) is 16.9 Å². The molecule has 0 unspecified atom stereocenters. The first-order valence-electron chi connectivity index (χ1n) is 10.8. The number of aliphatic hydroxyl groups is 1. The third-order valence-corrected chi connectivity index (χ3v) is 10.8. The van der Waals surface area contributed by atoms with Crippen LogP contribution >= 0.6 is 0 Å². The Labute approximate surface area is 188 Å². The summed E-state index contributed by atoms with van der Waals surface area (Å²) in [6.45, 7) is 11.0. The van der Waals surface area contributed by atoms with Gasteiger partial charge in [0, 0.05) is 24.5 Å². The van der Waals surface area contributed by atoms with Crippen molar-refractivity contribution in [2.45, 2.75) is 45.8 Å². The summed E-state index contributed by atoms with van der Waals surface area (Å²) >= 11 is 0. The minimum absolute atomic E-state index is 0.112. The molecule has 3 atom stereocenters. The van der Waals surface area contributed by atoms with Crippen LogP contribution in [0.4, 0.5) is 0 Å². The molecule has 0 heterocycles. The number of carbonyl (C=O) groups is 1. The van der Waals surface area contributed by atoms with Crippen molar-refractivity contribution in [3.8, 4) is 0 Å². The van der Waals surface area contributed by atoms with E-state index >= 15 is 0 Å². The van der Waals surface area contributed by atoms with Crippen LogP contribution in [0, 0.1) is 11.8 Å². The van der Waals surface area contributed by atoms with Gasteiger partial charge in [-0.05, 0) is 15.4 Å². The molecule has 168 valence electrons. The lowest BCUT2D eigenvalue weighted by atomic mass is 9.94. The lowest BCUT2D eigenvalue weighted by Crippen LogP contribution is -2.67. The molecule has 0 fully saturated rings. The zero-order valence-corrected chi connectivity index (χ0v) is 20.5. The van der Waals surface area contributed by atoms with E-state index in [2.05, 4.69) is 74.0 Å². The highest BCUT2D eigenvalue weighted by Gasteiger charge is 2.50. The Bertz CT molecular complexity index is 803. The molecule has 5 heteroatoms. The second-order valence-corrected chi connectivity index (χ2v) is 13.5. The summed E-state index contributed by atoms with van der Waals surface area (Å²) in [6.07, 6.45) is 2.42. The number of esters is 1. The second kappa shape index (κ2) is 10.9. The highest BCUT2D eigenvalue weighted by molar-refractivity contribution is 6.99. The van der Waals surface area contributed by atoms with Crippen LogP contribution < -0.4 is 10.4 Å². The van der Waals surface area contributed by atoms with Crippen molar-refractivity contribution in [1.82, 2.24) is 0 Å². The molecule has 2 aromatic rings. The minimum Gasteiger partial charge on any atom is -0.466 e. The van der Waals surface area contributed by atoms with Crippen molar-refractivity contribution < 1.29 is 19.1 Å². The Morgan fingerprint density at radius 1 is 1.00 bits per heavy atom. The van der Waals surface area contributed by atoms with Crippen molar-refractivity contribution >= 4 is 24.7 Å². The van der Waals surface area contributed by atoms with Gasteiger partial charge in [0.1, 0.15) is 0 Å². The third-order valence-electron chi connectivity index (χ3n) is 5.84. The monoisotopic (exact) mass is 440 g/mol. The maximum Gasteiger partial charge on any atom is 0.330 e. The maximum absolute atomic E-state index is 11.4. The van der Waals surface area contributed by atoms with E-state index in [0.29, 0.717) is 6.61 Å². The molecule has 0 spiro atoms. The van der Waals surface area contributed by atoms with Crippen LogP contribution in [0.1, 0.15) is 34.6 Å². The summed E-state index contributed by atoms with van der Waals surface area (Å²) in [4.78, 5) is 11.4. The van der Waals surface area contributed by atoms with Crippen molar-refractivity contribution in [3.63, 3.8) is 0 Å². The van der Waals surface area contributed by atoms with Gasteiger partial charge < -0.3 is 14.3 Å². The van der Waals surface area contributed by atoms with Gasteiger partial charge in [-0.2, -0.15) is 0 Å². The normalized spacial score (nSPS) is 15.5. The molecule has 0 saturated carbocycles. The number of benzene rings is 2. The lowest BCUT2D eigenvalue weighted by molar-refractivity contribution is -0.134. The predicted octanol–water partition coefficient (Wildman–Crippen LogP) is 3.93. The first-order valence-corrected chi connectivity index (χ1v) is 12.7. The Hall–Kier alpha value is -2.21. The number of rotatable bonds is 9.